The van der Waals surface area contributed by atoms with Gasteiger partial charge in [0.25, 0.3) is 0 Å². The Kier molecular flexibility index (Phi) is 6.83. The number of rotatable bonds is 7. The van der Waals surface area contributed by atoms with Crippen molar-refractivity contribution in [2.75, 3.05) is 11.4 Å². The number of phenolic OH excluding ortho intramolecular Hbond substituents is 1. The van der Waals surface area contributed by atoms with Gasteiger partial charge in [-0.1, -0.05) is 24.3 Å². The highest BCUT2D eigenvalue weighted by Gasteiger charge is 2.30. The van der Waals surface area contributed by atoms with E-state index >= 15 is 0 Å². The summed E-state index contributed by atoms with van der Waals surface area (Å²) in [5.41, 5.74) is 1.81. The molecule has 0 unspecified atom stereocenters. The number of hydrogen-bond donors (Lipinski definition) is 1. The van der Waals surface area contributed by atoms with Crippen molar-refractivity contribution < 1.29 is 27.1 Å². The van der Waals surface area contributed by atoms with Gasteiger partial charge in [-0.2, -0.15) is 13.2 Å². The molecule has 176 valence electrons. The maximum absolute atomic E-state index is 13.7. The van der Waals surface area contributed by atoms with E-state index < -0.39 is 23.4 Å². The highest BCUT2D eigenvalue weighted by Crippen LogP contribution is 2.31. The van der Waals surface area contributed by atoms with Crippen molar-refractivity contribution in [3.05, 3.63) is 100 Å². The second-order valence-electron chi connectivity index (χ2n) is 7.68. The number of nitrogens with zero attached hydrogens (tertiary/aromatic N) is 2. The van der Waals surface area contributed by atoms with Crippen LogP contribution < -0.4 is 4.90 Å². The quantitative estimate of drug-likeness (QED) is 0.282. The zero-order valence-corrected chi connectivity index (χ0v) is 18.5. The maximum Gasteiger partial charge on any atom is 0.416 e. The van der Waals surface area contributed by atoms with Gasteiger partial charge in [-0.05, 0) is 60.0 Å². The highest BCUT2D eigenvalue weighted by atomic mass is 32.1. The first kappa shape index (κ1) is 23.7. The number of hydrogen-bond acceptors (Lipinski definition) is 4. The van der Waals surface area contributed by atoms with E-state index in [0.717, 1.165) is 29.8 Å². The first-order chi connectivity index (χ1) is 16.2. The Morgan fingerprint density at radius 3 is 2.18 bits per heavy atom. The van der Waals surface area contributed by atoms with E-state index in [1.165, 1.54) is 29.5 Å². The Balaban J connectivity index is 1.58. The average Bonchev–Trinajstić information content (AvgIpc) is 3.29. The molecule has 3 nitrogen and oxygen atoms in total. The number of anilines is 1. The van der Waals surface area contributed by atoms with E-state index in [-0.39, 0.29) is 5.75 Å². The topological polar surface area (TPSA) is 36.4 Å². The van der Waals surface area contributed by atoms with Crippen LogP contribution in [0.4, 0.5) is 27.1 Å². The van der Waals surface area contributed by atoms with Crippen molar-refractivity contribution in [1.29, 1.82) is 0 Å². The lowest BCUT2D eigenvalue weighted by molar-refractivity contribution is -0.137. The first-order valence-corrected chi connectivity index (χ1v) is 11.2. The van der Waals surface area contributed by atoms with Crippen molar-refractivity contribution in [2.24, 2.45) is 0 Å². The van der Waals surface area contributed by atoms with Crippen LogP contribution >= 0.6 is 11.3 Å². The minimum Gasteiger partial charge on any atom is -0.508 e. The molecule has 0 aliphatic rings. The van der Waals surface area contributed by atoms with Crippen molar-refractivity contribution >= 4 is 16.5 Å². The van der Waals surface area contributed by atoms with Crippen LogP contribution in [0.25, 0.3) is 11.3 Å². The van der Waals surface area contributed by atoms with Gasteiger partial charge in [0.05, 0.1) is 11.3 Å². The predicted molar refractivity (Wildman–Crippen MR) is 122 cm³/mol. The number of benzene rings is 3. The van der Waals surface area contributed by atoms with E-state index in [9.17, 15) is 27.1 Å². The van der Waals surface area contributed by atoms with Crippen molar-refractivity contribution in [3.8, 4) is 17.0 Å². The molecule has 0 fully saturated rings. The summed E-state index contributed by atoms with van der Waals surface area (Å²) in [6, 6.07) is 15.2. The number of aromatic nitrogens is 1. The molecule has 9 heteroatoms. The molecule has 0 atom stereocenters. The van der Waals surface area contributed by atoms with E-state index in [2.05, 4.69) is 4.98 Å². The zero-order chi connectivity index (χ0) is 24.3. The summed E-state index contributed by atoms with van der Waals surface area (Å²) in [6.45, 7) is 0.803. The van der Waals surface area contributed by atoms with Gasteiger partial charge in [-0.25, -0.2) is 13.8 Å². The minimum absolute atomic E-state index is 0.154. The monoisotopic (exact) mass is 490 g/mol. The molecule has 4 aromatic rings. The molecule has 1 heterocycles. The van der Waals surface area contributed by atoms with Crippen LogP contribution in [-0.2, 0) is 19.1 Å². The molecule has 3 aromatic carbocycles. The molecule has 34 heavy (non-hydrogen) atoms. The lowest BCUT2D eigenvalue weighted by Crippen LogP contribution is -2.25. The Hall–Kier alpha value is -3.46. The van der Waals surface area contributed by atoms with Crippen molar-refractivity contribution in [2.45, 2.75) is 19.1 Å². The van der Waals surface area contributed by atoms with Gasteiger partial charge in [0.15, 0.2) is 16.8 Å². The Morgan fingerprint density at radius 1 is 0.853 bits per heavy atom. The van der Waals surface area contributed by atoms with E-state index in [4.69, 9.17) is 0 Å². The van der Waals surface area contributed by atoms with Crippen molar-refractivity contribution in [3.63, 3.8) is 0 Å². The fraction of sp³-hybridized carbons (Fsp3) is 0.160. The van der Waals surface area contributed by atoms with Crippen LogP contribution in [0.1, 0.15) is 16.7 Å². The van der Waals surface area contributed by atoms with E-state index in [0.29, 0.717) is 41.5 Å². The van der Waals surface area contributed by atoms with Gasteiger partial charge >= 0.3 is 6.18 Å². The van der Waals surface area contributed by atoms with Gasteiger partial charge in [-0.3, -0.25) is 0 Å². The standard InChI is InChI=1S/C25H19F5N2OS/c26-21-10-5-18(13-22(21)27)23-15-34-24(31-23)32(12-11-16-3-8-20(33)9-4-16)14-17-1-6-19(7-2-17)25(28,29)30/h1-10,13,15,33H,11-12,14H2. The first-order valence-electron chi connectivity index (χ1n) is 10.3. The predicted octanol–water partition coefficient (Wildman–Crippen LogP) is 7.06. The van der Waals surface area contributed by atoms with Gasteiger partial charge in [-0.15, -0.1) is 11.3 Å². The average molecular weight is 490 g/mol. The smallest absolute Gasteiger partial charge is 0.416 e. The normalized spacial score (nSPS) is 11.6. The number of thiazole rings is 1. The molecule has 1 N–H and O–H groups in total. The summed E-state index contributed by atoms with van der Waals surface area (Å²) in [6.07, 6.45) is -3.81. The molecule has 0 saturated carbocycles. The minimum atomic E-state index is -4.41. The molecule has 0 radical (unpaired) electrons. The largest absolute Gasteiger partial charge is 0.508 e. The van der Waals surface area contributed by atoms with E-state index in [1.54, 1.807) is 29.6 Å². The van der Waals surface area contributed by atoms with Gasteiger partial charge in [0, 0.05) is 24.0 Å². The third-order valence-corrected chi connectivity index (χ3v) is 6.14. The number of halogens is 5. The highest BCUT2D eigenvalue weighted by molar-refractivity contribution is 7.14. The van der Waals surface area contributed by atoms with Crippen LogP contribution in [0, 0.1) is 11.6 Å². The maximum atomic E-state index is 13.7. The van der Waals surface area contributed by atoms with Gasteiger partial charge < -0.3 is 10.0 Å². The summed E-state index contributed by atoms with van der Waals surface area (Å²) in [4.78, 5) is 6.49. The Bertz CT molecular complexity index is 1250. The summed E-state index contributed by atoms with van der Waals surface area (Å²) in [5, 5.41) is 11.8. The third kappa shape index (κ3) is 5.72. The molecular formula is C25H19F5N2OS. The summed E-state index contributed by atoms with van der Waals surface area (Å²) in [7, 11) is 0. The fourth-order valence-electron chi connectivity index (χ4n) is 3.39. The van der Waals surface area contributed by atoms with Crippen LogP contribution in [0.5, 0.6) is 5.75 Å². The van der Waals surface area contributed by atoms with Crippen LogP contribution in [0.2, 0.25) is 0 Å². The molecular weight excluding hydrogens is 471 g/mol. The molecule has 1 aromatic heterocycles. The number of aromatic hydroxyl groups is 1. The number of phenols is 1. The SMILES string of the molecule is Oc1ccc(CCN(Cc2ccc(C(F)(F)F)cc2)c2nc(-c3ccc(F)c(F)c3)cs2)cc1. The summed E-state index contributed by atoms with van der Waals surface area (Å²) >= 11 is 1.31. The third-order valence-electron chi connectivity index (χ3n) is 5.24. The van der Waals surface area contributed by atoms with Crippen molar-refractivity contribution in [1.82, 2.24) is 4.98 Å². The Morgan fingerprint density at radius 2 is 1.53 bits per heavy atom. The number of alkyl halides is 3. The van der Waals surface area contributed by atoms with E-state index in [1.807, 2.05) is 4.90 Å². The lowest BCUT2D eigenvalue weighted by atomic mass is 10.1. The molecule has 0 spiro atoms. The fourth-order valence-corrected chi connectivity index (χ4v) is 4.25. The van der Waals surface area contributed by atoms with Gasteiger partial charge in [0.1, 0.15) is 5.75 Å². The van der Waals surface area contributed by atoms with Gasteiger partial charge in [0.2, 0.25) is 0 Å². The zero-order valence-electron chi connectivity index (χ0n) is 17.7. The second kappa shape index (κ2) is 9.80. The molecule has 0 aliphatic heterocycles. The second-order valence-corrected chi connectivity index (χ2v) is 8.51. The summed E-state index contributed by atoms with van der Waals surface area (Å²) < 4.78 is 65.7. The molecule has 0 bridgehead atoms. The van der Waals surface area contributed by atoms with Crippen LogP contribution in [-0.4, -0.2) is 16.6 Å². The van der Waals surface area contributed by atoms with Crippen LogP contribution in [0.15, 0.2) is 72.1 Å². The molecule has 4 rings (SSSR count). The Labute approximate surface area is 196 Å². The lowest BCUT2D eigenvalue weighted by Gasteiger charge is -2.22. The molecule has 0 amide bonds. The molecule has 0 saturated heterocycles. The summed E-state index contributed by atoms with van der Waals surface area (Å²) in [5.74, 6) is -1.76. The van der Waals surface area contributed by atoms with Crippen LogP contribution in [0.3, 0.4) is 0 Å². The molecule has 0 aliphatic carbocycles.